The van der Waals surface area contributed by atoms with Gasteiger partial charge in [-0.2, -0.15) is 0 Å². The van der Waals surface area contributed by atoms with E-state index in [2.05, 4.69) is 26.3 Å². The maximum absolute atomic E-state index is 8.06. The van der Waals surface area contributed by atoms with E-state index in [0.717, 1.165) is 47.7 Å². The van der Waals surface area contributed by atoms with Crippen LogP contribution in [0.3, 0.4) is 0 Å². The van der Waals surface area contributed by atoms with E-state index in [-0.39, 0.29) is 0 Å². The number of hydrogen-bond donors (Lipinski definition) is 2. The summed E-state index contributed by atoms with van der Waals surface area (Å²) in [5, 5.41) is 12.9. The Balaban J connectivity index is 1.37. The second kappa shape index (κ2) is 8.68. The average molecular weight is 421 g/mol. The summed E-state index contributed by atoms with van der Waals surface area (Å²) >= 11 is 1.84. The van der Waals surface area contributed by atoms with Crippen LogP contribution in [0.25, 0.3) is 10.2 Å². The summed E-state index contributed by atoms with van der Waals surface area (Å²) in [6.45, 7) is 2.30. The molecule has 3 aromatic heterocycles. The predicted molar refractivity (Wildman–Crippen MR) is 124 cm³/mol. The molecule has 0 spiro atoms. The summed E-state index contributed by atoms with van der Waals surface area (Å²) in [5.41, 5.74) is 4.94. The van der Waals surface area contributed by atoms with Gasteiger partial charge in [0.25, 0.3) is 0 Å². The fourth-order valence-corrected chi connectivity index (χ4v) is 5.79. The standard InChI is InChI=1S/C23H28N6S/c24-17-7-4-12-29(15-17)20-8-10-25-13-18(20)27-14-19-22-21(9-11-26-19)30-23(28-22)16-5-2-1-3-6-16/h8-11,13,16,24,27H,1-7,12,14-15H2. The van der Waals surface area contributed by atoms with Crippen molar-refractivity contribution in [2.75, 3.05) is 23.3 Å². The van der Waals surface area contributed by atoms with E-state index in [9.17, 15) is 0 Å². The first kappa shape index (κ1) is 19.4. The van der Waals surface area contributed by atoms with Gasteiger partial charge in [0.15, 0.2) is 0 Å². The molecule has 7 heteroatoms. The monoisotopic (exact) mass is 420 g/mol. The Morgan fingerprint density at radius 3 is 2.90 bits per heavy atom. The fourth-order valence-electron chi connectivity index (χ4n) is 4.63. The smallest absolute Gasteiger partial charge is 0.105 e. The van der Waals surface area contributed by atoms with Gasteiger partial charge in [-0.1, -0.05) is 19.3 Å². The number of piperidine rings is 1. The van der Waals surface area contributed by atoms with E-state index in [4.69, 9.17) is 10.4 Å². The highest BCUT2D eigenvalue weighted by Gasteiger charge is 2.21. The van der Waals surface area contributed by atoms with E-state index in [1.807, 2.05) is 36.0 Å². The maximum atomic E-state index is 8.06. The Bertz CT molecular complexity index is 1040. The molecule has 156 valence electrons. The fraction of sp³-hybridized carbons (Fsp3) is 0.478. The first-order chi connectivity index (χ1) is 14.8. The quantitative estimate of drug-likeness (QED) is 0.580. The Hall–Kier alpha value is -2.54. The SMILES string of the molecule is N=C1CCCN(c2ccncc2NCc2nccc3sc(C4CCCCC4)nc23)C1. The lowest BCUT2D eigenvalue weighted by molar-refractivity contribution is 0.443. The third-order valence-electron chi connectivity index (χ3n) is 6.23. The van der Waals surface area contributed by atoms with Gasteiger partial charge in [0.1, 0.15) is 5.52 Å². The molecule has 0 bridgehead atoms. The van der Waals surface area contributed by atoms with Crippen molar-refractivity contribution in [2.45, 2.75) is 57.4 Å². The molecule has 4 heterocycles. The molecule has 30 heavy (non-hydrogen) atoms. The highest BCUT2D eigenvalue weighted by Crippen LogP contribution is 2.37. The minimum atomic E-state index is 0.620. The molecular formula is C23H28N6S. The van der Waals surface area contributed by atoms with Crippen LogP contribution in [-0.4, -0.2) is 33.8 Å². The number of anilines is 2. The molecule has 0 atom stereocenters. The van der Waals surface area contributed by atoms with Crippen molar-refractivity contribution in [1.82, 2.24) is 15.0 Å². The third kappa shape index (κ3) is 4.03. The minimum Gasteiger partial charge on any atom is -0.376 e. The van der Waals surface area contributed by atoms with Crippen molar-refractivity contribution >= 4 is 38.6 Å². The van der Waals surface area contributed by atoms with Crippen molar-refractivity contribution in [2.24, 2.45) is 0 Å². The lowest BCUT2D eigenvalue weighted by atomic mass is 9.90. The van der Waals surface area contributed by atoms with Crippen molar-refractivity contribution < 1.29 is 0 Å². The van der Waals surface area contributed by atoms with E-state index in [0.29, 0.717) is 19.0 Å². The summed E-state index contributed by atoms with van der Waals surface area (Å²) in [5.74, 6) is 0.622. The Morgan fingerprint density at radius 2 is 2.03 bits per heavy atom. The minimum absolute atomic E-state index is 0.620. The van der Waals surface area contributed by atoms with Crippen LogP contribution in [0.5, 0.6) is 0 Å². The second-order valence-corrected chi connectivity index (χ2v) is 9.43. The lowest BCUT2D eigenvalue weighted by Crippen LogP contribution is -2.35. The molecule has 0 aromatic carbocycles. The number of aromatic nitrogens is 3. The molecule has 1 aliphatic heterocycles. The van der Waals surface area contributed by atoms with Gasteiger partial charge >= 0.3 is 0 Å². The zero-order chi connectivity index (χ0) is 20.3. The van der Waals surface area contributed by atoms with E-state index in [1.165, 1.54) is 41.8 Å². The van der Waals surface area contributed by atoms with Crippen LogP contribution in [0.1, 0.15) is 61.6 Å². The van der Waals surface area contributed by atoms with E-state index >= 15 is 0 Å². The molecule has 1 saturated heterocycles. The number of rotatable bonds is 5. The Kier molecular flexibility index (Phi) is 5.62. The first-order valence-corrected chi connectivity index (χ1v) is 11.8. The molecule has 2 N–H and O–H groups in total. The van der Waals surface area contributed by atoms with Gasteiger partial charge in [-0.3, -0.25) is 9.97 Å². The van der Waals surface area contributed by atoms with Crippen LogP contribution in [-0.2, 0) is 6.54 Å². The molecule has 1 saturated carbocycles. The molecule has 1 aliphatic carbocycles. The Morgan fingerprint density at radius 1 is 1.13 bits per heavy atom. The van der Waals surface area contributed by atoms with Crippen molar-refractivity contribution in [1.29, 1.82) is 5.41 Å². The summed E-state index contributed by atoms with van der Waals surface area (Å²) in [4.78, 5) is 16.3. The zero-order valence-electron chi connectivity index (χ0n) is 17.2. The van der Waals surface area contributed by atoms with Crippen LogP contribution in [0.2, 0.25) is 0 Å². The molecule has 2 aliphatic rings. The van der Waals surface area contributed by atoms with Crippen LogP contribution >= 0.6 is 11.3 Å². The van der Waals surface area contributed by atoms with Gasteiger partial charge in [0.05, 0.1) is 46.1 Å². The topological polar surface area (TPSA) is 77.8 Å². The number of nitrogens with one attached hydrogen (secondary N) is 2. The lowest BCUT2D eigenvalue weighted by Gasteiger charge is -2.30. The number of pyridine rings is 2. The van der Waals surface area contributed by atoms with Gasteiger partial charge in [0, 0.05) is 30.6 Å². The molecule has 0 radical (unpaired) electrons. The number of thiazole rings is 1. The average Bonchev–Trinajstić information content (AvgIpc) is 3.24. The van der Waals surface area contributed by atoms with Gasteiger partial charge in [-0.15, -0.1) is 11.3 Å². The summed E-state index contributed by atoms with van der Waals surface area (Å²) < 4.78 is 1.23. The van der Waals surface area contributed by atoms with Crippen molar-refractivity contribution in [3.63, 3.8) is 0 Å². The Labute approximate surface area is 181 Å². The highest BCUT2D eigenvalue weighted by molar-refractivity contribution is 7.18. The van der Waals surface area contributed by atoms with Crippen molar-refractivity contribution in [3.05, 3.63) is 41.4 Å². The molecule has 6 nitrogen and oxygen atoms in total. The molecule has 2 fully saturated rings. The van der Waals surface area contributed by atoms with E-state index in [1.54, 1.807) is 0 Å². The maximum Gasteiger partial charge on any atom is 0.105 e. The van der Waals surface area contributed by atoms with Crippen LogP contribution in [0, 0.1) is 5.41 Å². The molecule has 0 amide bonds. The number of fused-ring (bicyclic) bond motifs is 1. The normalized spacial score (nSPS) is 18.1. The van der Waals surface area contributed by atoms with Gasteiger partial charge in [-0.25, -0.2) is 4.98 Å². The highest BCUT2D eigenvalue weighted by atomic mass is 32.1. The molecule has 3 aromatic rings. The van der Waals surface area contributed by atoms with Gasteiger partial charge in [0.2, 0.25) is 0 Å². The number of nitrogens with zero attached hydrogens (tertiary/aromatic N) is 4. The number of hydrogen-bond acceptors (Lipinski definition) is 7. The molecular weight excluding hydrogens is 392 g/mol. The third-order valence-corrected chi connectivity index (χ3v) is 7.41. The second-order valence-electron chi connectivity index (χ2n) is 8.37. The predicted octanol–water partition coefficient (Wildman–Crippen LogP) is 5.37. The van der Waals surface area contributed by atoms with Crippen LogP contribution in [0.15, 0.2) is 30.7 Å². The summed E-state index contributed by atoms with van der Waals surface area (Å²) in [6.07, 6.45) is 14.1. The summed E-state index contributed by atoms with van der Waals surface area (Å²) in [7, 11) is 0. The summed E-state index contributed by atoms with van der Waals surface area (Å²) in [6, 6.07) is 4.14. The largest absolute Gasteiger partial charge is 0.376 e. The van der Waals surface area contributed by atoms with Gasteiger partial charge < -0.3 is 15.6 Å². The molecule has 5 rings (SSSR count). The zero-order valence-corrected chi connectivity index (χ0v) is 18.0. The van der Waals surface area contributed by atoms with Crippen molar-refractivity contribution in [3.8, 4) is 0 Å². The van der Waals surface area contributed by atoms with Gasteiger partial charge in [-0.05, 0) is 37.8 Å². The molecule has 0 unspecified atom stereocenters. The van der Waals surface area contributed by atoms with Crippen LogP contribution < -0.4 is 10.2 Å². The first-order valence-electron chi connectivity index (χ1n) is 11.0. The van der Waals surface area contributed by atoms with E-state index < -0.39 is 0 Å². The van der Waals surface area contributed by atoms with Crippen LogP contribution in [0.4, 0.5) is 11.4 Å².